The van der Waals surface area contributed by atoms with E-state index < -0.39 is 0 Å². The molecule has 2 rings (SSSR count). The van der Waals surface area contributed by atoms with E-state index in [1.54, 1.807) is 0 Å². The number of hydrogen-bond donors (Lipinski definition) is 1. The van der Waals surface area contributed by atoms with Crippen molar-refractivity contribution in [2.45, 2.75) is 0 Å². The molecule has 0 aliphatic heterocycles. The van der Waals surface area contributed by atoms with Gasteiger partial charge in [-0.05, 0) is 22.9 Å². The number of benzene rings is 2. The second-order valence-electron chi connectivity index (χ2n) is 3.37. The third-order valence-electron chi connectivity index (χ3n) is 2.39. The van der Waals surface area contributed by atoms with Gasteiger partial charge in [-0.3, -0.25) is 0 Å². The third kappa shape index (κ3) is 1.70. The predicted octanol–water partition coefficient (Wildman–Crippen LogP) is 3.16. The van der Waals surface area contributed by atoms with Crippen molar-refractivity contribution in [3.05, 3.63) is 42.5 Å². The lowest BCUT2D eigenvalue weighted by atomic mass is 10.1. The van der Waals surface area contributed by atoms with E-state index in [-0.39, 0.29) is 0 Å². The van der Waals surface area contributed by atoms with Gasteiger partial charge in [0.05, 0.1) is 5.88 Å². The molecule has 2 aromatic rings. The Kier molecular flexibility index (Phi) is 2.64. The maximum atomic E-state index is 4.25. The highest BCUT2D eigenvalue weighted by Gasteiger charge is 1.98. The zero-order chi connectivity index (χ0) is 9.97. The molecule has 14 heavy (non-hydrogen) atoms. The standard InChI is InChI=1S/C12H13NS/c1-13(9-14)12-7-6-10-4-2-3-5-11(10)8-12/h2-8,14H,9H2,1H3. The number of nitrogens with zero attached hydrogens (tertiary/aromatic N) is 1. The van der Waals surface area contributed by atoms with Crippen molar-refractivity contribution in [2.75, 3.05) is 17.8 Å². The van der Waals surface area contributed by atoms with E-state index in [0.29, 0.717) is 0 Å². The smallest absolute Gasteiger partial charge is 0.0606 e. The normalized spacial score (nSPS) is 10.4. The molecule has 1 nitrogen and oxygen atoms in total. The molecule has 2 aromatic carbocycles. The number of anilines is 1. The number of hydrogen-bond acceptors (Lipinski definition) is 2. The summed E-state index contributed by atoms with van der Waals surface area (Å²) in [6.07, 6.45) is 0. The van der Waals surface area contributed by atoms with Gasteiger partial charge in [-0.2, -0.15) is 12.6 Å². The zero-order valence-corrected chi connectivity index (χ0v) is 9.04. The lowest BCUT2D eigenvalue weighted by molar-refractivity contribution is 1.10. The number of rotatable bonds is 2. The van der Waals surface area contributed by atoms with E-state index in [4.69, 9.17) is 0 Å². The highest BCUT2D eigenvalue weighted by molar-refractivity contribution is 7.80. The highest BCUT2D eigenvalue weighted by atomic mass is 32.1. The fraction of sp³-hybridized carbons (Fsp3) is 0.167. The molecular formula is C12H13NS. The van der Waals surface area contributed by atoms with Gasteiger partial charge in [-0.1, -0.05) is 30.3 Å². The van der Waals surface area contributed by atoms with Gasteiger partial charge in [0.2, 0.25) is 0 Å². The first kappa shape index (κ1) is 9.41. The van der Waals surface area contributed by atoms with Crippen molar-refractivity contribution < 1.29 is 0 Å². The first-order valence-corrected chi connectivity index (χ1v) is 5.25. The summed E-state index contributed by atoms with van der Waals surface area (Å²) < 4.78 is 0. The average molecular weight is 203 g/mol. The van der Waals surface area contributed by atoms with Crippen LogP contribution in [0.25, 0.3) is 10.8 Å². The molecule has 0 fully saturated rings. The van der Waals surface area contributed by atoms with Gasteiger partial charge in [0.25, 0.3) is 0 Å². The molecule has 0 amide bonds. The summed E-state index contributed by atoms with van der Waals surface area (Å²) in [5.41, 5.74) is 1.21. The van der Waals surface area contributed by atoms with Crippen molar-refractivity contribution in [1.82, 2.24) is 0 Å². The van der Waals surface area contributed by atoms with Crippen molar-refractivity contribution in [1.29, 1.82) is 0 Å². The lowest BCUT2D eigenvalue weighted by Gasteiger charge is -2.16. The minimum Gasteiger partial charge on any atom is -0.366 e. The molecule has 0 aliphatic rings. The quantitative estimate of drug-likeness (QED) is 0.579. The minimum atomic E-state index is 0.734. The molecule has 2 heteroatoms. The second kappa shape index (κ2) is 3.93. The Morgan fingerprint density at radius 2 is 1.79 bits per heavy atom. The summed E-state index contributed by atoms with van der Waals surface area (Å²) in [7, 11) is 2.04. The van der Waals surface area contributed by atoms with Crippen LogP contribution in [-0.4, -0.2) is 12.9 Å². The molecule has 72 valence electrons. The topological polar surface area (TPSA) is 3.24 Å². The summed E-state index contributed by atoms with van der Waals surface area (Å²) in [5.74, 6) is 0.734. The van der Waals surface area contributed by atoms with Crippen molar-refractivity contribution in [2.24, 2.45) is 0 Å². The summed E-state index contributed by atoms with van der Waals surface area (Å²) in [6, 6.07) is 14.8. The largest absolute Gasteiger partial charge is 0.366 e. The summed E-state index contributed by atoms with van der Waals surface area (Å²) in [6.45, 7) is 0. The molecule has 0 spiro atoms. The van der Waals surface area contributed by atoms with Crippen LogP contribution < -0.4 is 4.90 Å². The van der Waals surface area contributed by atoms with Crippen molar-refractivity contribution >= 4 is 29.1 Å². The van der Waals surface area contributed by atoms with E-state index in [9.17, 15) is 0 Å². The van der Waals surface area contributed by atoms with Gasteiger partial charge >= 0.3 is 0 Å². The molecular weight excluding hydrogens is 190 g/mol. The van der Waals surface area contributed by atoms with Crippen LogP contribution in [0, 0.1) is 0 Å². The molecule has 0 radical (unpaired) electrons. The molecule has 0 saturated carbocycles. The molecule has 0 bridgehead atoms. The second-order valence-corrected chi connectivity index (χ2v) is 3.65. The number of thiol groups is 1. The lowest BCUT2D eigenvalue weighted by Crippen LogP contribution is -2.13. The third-order valence-corrected chi connectivity index (χ3v) is 2.81. The van der Waals surface area contributed by atoms with Gasteiger partial charge in [-0.25, -0.2) is 0 Å². The van der Waals surface area contributed by atoms with E-state index >= 15 is 0 Å². The molecule has 0 heterocycles. The Morgan fingerprint density at radius 1 is 1.07 bits per heavy atom. The van der Waals surface area contributed by atoms with Crippen LogP contribution in [0.2, 0.25) is 0 Å². The molecule has 0 unspecified atom stereocenters. The maximum Gasteiger partial charge on any atom is 0.0606 e. The van der Waals surface area contributed by atoms with Gasteiger partial charge in [0.1, 0.15) is 0 Å². The summed E-state index contributed by atoms with van der Waals surface area (Å²) >= 11 is 4.25. The van der Waals surface area contributed by atoms with Gasteiger partial charge in [0, 0.05) is 12.7 Å². The average Bonchev–Trinajstić information content (AvgIpc) is 2.27. The highest BCUT2D eigenvalue weighted by Crippen LogP contribution is 2.21. The Bertz CT molecular complexity index is 439. The monoisotopic (exact) mass is 203 g/mol. The van der Waals surface area contributed by atoms with Crippen LogP contribution in [0.15, 0.2) is 42.5 Å². The van der Waals surface area contributed by atoms with E-state index in [0.717, 1.165) is 5.88 Å². The van der Waals surface area contributed by atoms with Crippen LogP contribution in [-0.2, 0) is 0 Å². The predicted molar refractivity (Wildman–Crippen MR) is 66.2 cm³/mol. The van der Waals surface area contributed by atoms with E-state index in [1.165, 1.54) is 16.5 Å². The van der Waals surface area contributed by atoms with Crippen LogP contribution in [0.1, 0.15) is 0 Å². The molecule has 0 N–H and O–H groups in total. The van der Waals surface area contributed by atoms with Crippen LogP contribution in [0.3, 0.4) is 0 Å². The maximum absolute atomic E-state index is 4.25. The first-order valence-electron chi connectivity index (χ1n) is 4.62. The Morgan fingerprint density at radius 3 is 2.50 bits per heavy atom. The number of fused-ring (bicyclic) bond motifs is 1. The Balaban J connectivity index is 2.51. The summed E-state index contributed by atoms with van der Waals surface area (Å²) in [5, 5.41) is 2.56. The zero-order valence-electron chi connectivity index (χ0n) is 8.14. The fourth-order valence-corrected chi connectivity index (χ4v) is 1.66. The fourth-order valence-electron chi connectivity index (χ4n) is 1.50. The SMILES string of the molecule is CN(CS)c1ccc2ccccc2c1. The Labute approximate surface area is 89.8 Å². The Hall–Kier alpha value is -1.15. The van der Waals surface area contributed by atoms with Crippen LogP contribution in [0.5, 0.6) is 0 Å². The van der Waals surface area contributed by atoms with Crippen LogP contribution >= 0.6 is 12.6 Å². The van der Waals surface area contributed by atoms with Gasteiger partial charge < -0.3 is 4.90 Å². The molecule has 0 atom stereocenters. The molecule has 0 aliphatic carbocycles. The minimum absolute atomic E-state index is 0.734. The molecule has 0 saturated heterocycles. The first-order chi connectivity index (χ1) is 6.81. The molecule has 0 aromatic heterocycles. The van der Waals surface area contributed by atoms with Crippen molar-refractivity contribution in [3.63, 3.8) is 0 Å². The van der Waals surface area contributed by atoms with E-state index in [2.05, 4.69) is 60.0 Å². The van der Waals surface area contributed by atoms with Gasteiger partial charge in [0.15, 0.2) is 0 Å². The van der Waals surface area contributed by atoms with E-state index in [1.807, 2.05) is 7.05 Å². The summed E-state index contributed by atoms with van der Waals surface area (Å²) in [4.78, 5) is 2.11. The van der Waals surface area contributed by atoms with Crippen molar-refractivity contribution in [3.8, 4) is 0 Å². The van der Waals surface area contributed by atoms with Gasteiger partial charge in [-0.15, -0.1) is 0 Å². The van der Waals surface area contributed by atoms with Crippen LogP contribution in [0.4, 0.5) is 5.69 Å².